The third kappa shape index (κ3) is 6.92. The quantitative estimate of drug-likeness (QED) is 0.714. The number of imide groups is 1. The van der Waals surface area contributed by atoms with E-state index >= 15 is 0 Å². The van der Waals surface area contributed by atoms with E-state index in [4.69, 9.17) is 9.47 Å². The van der Waals surface area contributed by atoms with Crippen molar-refractivity contribution in [3.05, 3.63) is 29.8 Å². The molecule has 1 aliphatic carbocycles. The first kappa shape index (κ1) is 20.7. The Balaban J connectivity index is 1.72. The highest BCUT2D eigenvalue weighted by atomic mass is 16.5. The number of nitrogens with one attached hydrogen (secondary N) is 2. The average Bonchev–Trinajstić information content (AvgIpc) is 2.66. The van der Waals surface area contributed by atoms with Crippen LogP contribution in [0.15, 0.2) is 24.3 Å². The van der Waals surface area contributed by atoms with Gasteiger partial charge in [-0.1, -0.05) is 26.7 Å². The molecule has 1 fully saturated rings. The van der Waals surface area contributed by atoms with E-state index in [1.807, 2.05) is 6.92 Å². The maximum absolute atomic E-state index is 12.0. The molecule has 0 aromatic heterocycles. The highest BCUT2D eigenvalue weighted by Crippen LogP contribution is 2.23. The minimum Gasteiger partial charge on any atom is -0.494 e. The second-order valence-electron chi connectivity index (χ2n) is 6.84. The minimum absolute atomic E-state index is 0.0718. The molecule has 0 radical (unpaired) electrons. The van der Waals surface area contributed by atoms with Gasteiger partial charge in [0.2, 0.25) is 0 Å². The smallest absolute Gasteiger partial charge is 0.338 e. The van der Waals surface area contributed by atoms with E-state index in [-0.39, 0.29) is 6.04 Å². The van der Waals surface area contributed by atoms with Crippen molar-refractivity contribution in [1.82, 2.24) is 10.6 Å². The van der Waals surface area contributed by atoms with E-state index in [1.165, 1.54) is 6.42 Å². The van der Waals surface area contributed by atoms with Crippen molar-refractivity contribution < 1.29 is 23.9 Å². The fourth-order valence-electron chi connectivity index (χ4n) is 3.02. The predicted octanol–water partition coefficient (Wildman–Crippen LogP) is 3.04. The van der Waals surface area contributed by atoms with Crippen molar-refractivity contribution in [3.63, 3.8) is 0 Å². The lowest BCUT2D eigenvalue weighted by Gasteiger charge is -2.29. The molecular weight excluding hydrogens is 348 g/mol. The van der Waals surface area contributed by atoms with Gasteiger partial charge in [0.05, 0.1) is 12.2 Å². The van der Waals surface area contributed by atoms with Crippen molar-refractivity contribution in [2.24, 2.45) is 5.92 Å². The molecule has 3 amide bonds. The van der Waals surface area contributed by atoms with Gasteiger partial charge in [-0.2, -0.15) is 0 Å². The van der Waals surface area contributed by atoms with Gasteiger partial charge in [0.1, 0.15) is 5.75 Å². The normalized spacial score (nSPS) is 19.0. The van der Waals surface area contributed by atoms with Crippen molar-refractivity contribution in [1.29, 1.82) is 0 Å². The molecule has 7 heteroatoms. The summed E-state index contributed by atoms with van der Waals surface area (Å²) in [6, 6.07) is 6.01. The highest BCUT2D eigenvalue weighted by molar-refractivity contribution is 5.97. The number of carbonyl (C=O) groups is 3. The third-order valence-corrected chi connectivity index (χ3v) is 4.58. The van der Waals surface area contributed by atoms with Crippen LogP contribution in [0.25, 0.3) is 0 Å². The first-order valence-corrected chi connectivity index (χ1v) is 9.50. The molecule has 2 rings (SSSR count). The van der Waals surface area contributed by atoms with Crippen LogP contribution in [0.3, 0.4) is 0 Å². The molecule has 0 saturated heterocycles. The Hall–Kier alpha value is -2.57. The Bertz CT molecular complexity index is 644. The van der Waals surface area contributed by atoms with Gasteiger partial charge in [-0.05, 0) is 49.4 Å². The Morgan fingerprint density at radius 3 is 2.48 bits per heavy atom. The Morgan fingerprint density at radius 1 is 1.11 bits per heavy atom. The Labute approximate surface area is 159 Å². The molecule has 0 spiro atoms. The summed E-state index contributed by atoms with van der Waals surface area (Å²) in [5.41, 5.74) is 0.312. The first-order chi connectivity index (χ1) is 13.0. The lowest BCUT2D eigenvalue weighted by atomic mass is 9.86. The van der Waals surface area contributed by atoms with Gasteiger partial charge in [-0.25, -0.2) is 9.59 Å². The molecule has 7 nitrogen and oxygen atoms in total. The number of urea groups is 1. The lowest BCUT2D eigenvalue weighted by Crippen LogP contribution is -2.48. The van der Waals surface area contributed by atoms with Gasteiger partial charge < -0.3 is 14.8 Å². The zero-order chi connectivity index (χ0) is 19.6. The van der Waals surface area contributed by atoms with Crippen LogP contribution in [-0.4, -0.2) is 37.2 Å². The van der Waals surface area contributed by atoms with Crippen LogP contribution in [0, 0.1) is 5.92 Å². The number of rotatable bonds is 7. The Kier molecular flexibility index (Phi) is 8.10. The van der Waals surface area contributed by atoms with Crippen molar-refractivity contribution in [3.8, 4) is 5.75 Å². The summed E-state index contributed by atoms with van der Waals surface area (Å²) in [7, 11) is 0. The highest BCUT2D eigenvalue weighted by Gasteiger charge is 2.23. The number of ether oxygens (including phenoxy) is 2. The molecular formula is C20H28N2O5. The van der Waals surface area contributed by atoms with Crippen molar-refractivity contribution in [2.75, 3.05) is 13.2 Å². The summed E-state index contributed by atoms with van der Waals surface area (Å²) in [5.74, 6) is -0.234. The molecule has 1 aliphatic rings. The lowest BCUT2D eigenvalue weighted by molar-refractivity contribution is -0.123. The molecule has 0 heterocycles. The van der Waals surface area contributed by atoms with E-state index in [0.717, 1.165) is 25.7 Å². The molecule has 0 unspecified atom stereocenters. The van der Waals surface area contributed by atoms with Gasteiger partial charge in [-0.15, -0.1) is 0 Å². The second kappa shape index (κ2) is 10.5. The van der Waals surface area contributed by atoms with Crippen molar-refractivity contribution >= 4 is 17.9 Å². The first-order valence-electron chi connectivity index (χ1n) is 9.50. The number of amides is 3. The standard InChI is InChI=1S/C20H28N2O5/c1-3-12-26-16-10-8-15(9-11-16)19(24)27-13-18(23)22-20(25)21-17-7-5-4-6-14(17)2/h8-11,14,17H,3-7,12-13H2,1-2H3,(H2,21,22,23,25)/t14-,17+/m0/s1. The monoisotopic (exact) mass is 376 g/mol. The van der Waals surface area contributed by atoms with E-state index < -0.39 is 24.5 Å². The minimum atomic E-state index is -0.660. The fraction of sp³-hybridized carbons (Fsp3) is 0.550. The van der Waals surface area contributed by atoms with Gasteiger partial charge in [0.25, 0.3) is 5.91 Å². The predicted molar refractivity (Wildman–Crippen MR) is 101 cm³/mol. The molecule has 0 bridgehead atoms. The average molecular weight is 376 g/mol. The number of hydrogen-bond acceptors (Lipinski definition) is 5. The molecule has 1 saturated carbocycles. The number of esters is 1. The van der Waals surface area contributed by atoms with Crippen LogP contribution in [0.4, 0.5) is 4.79 Å². The molecule has 1 aromatic carbocycles. The molecule has 27 heavy (non-hydrogen) atoms. The molecule has 1 aromatic rings. The van der Waals surface area contributed by atoms with Gasteiger partial charge in [-0.3, -0.25) is 10.1 Å². The maximum Gasteiger partial charge on any atom is 0.338 e. The van der Waals surface area contributed by atoms with Crippen LogP contribution in [0.5, 0.6) is 5.75 Å². The van der Waals surface area contributed by atoms with Gasteiger partial charge in [0.15, 0.2) is 6.61 Å². The van der Waals surface area contributed by atoms with Crippen molar-refractivity contribution in [2.45, 2.75) is 52.0 Å². The van der Waals surface area contributed by atoms with E-state index in [2.05, 4.69) is 17.6 Å². The second-order valence-corrected chi connectivity index (χ2v) is 6.84. The van der Waals surface area contributed by atoms with E-state index in [1.54, 1.807) is 24.3 Å². The fourth-order valence-corrected chi connectivity index (χ4v) is 3.02. The number of benzene rings is 1. The largest absolute Gasteiger partial charge is 0.494 e. The molecule has 0 aliphatic heterocycles. The zero-order valence-electron chi connectivity index (χ0n) is 16.0. The summed E-state index contributed by atoms with van der Waals surface area (Å²) in [6.07, 6.45) is 5.12. The van der Waals surface area contributed by atoms with Gasteiger partial charge >= 0.3 is 12.0 Å². The van der Waals surface area contributed by atoms with Crippen LogP contribution in [0.1, 0.15) is 56.3 Å². The number of carbonyl (C=O) groups excluding carboxylic acids is 3. The summed E-state index contributed by atoms with van der Waals surface area (Å²) < 4.78 is 10.4. The van der Waals surface area contributed by atoms with E-state index in [0.29, 0.717) is 23.8 Å². The molecule has 148 valence electrons. The SMILES string of the molecule is CCCOc1ccc(C(=O)OCC(=O)NC(=O)N[C@@H]2CCCC[C@@H]2C)cc1. The van der Waals surface area contributed by atoms with E-state index in [9.17, 15) is 14.4 Å². The topological polar surface area (TPSA) is 93.7 Å². The molecule has 2 N–H and O–H groups in total. The summed E-state index contributed by atoms with van der Waals surface area (Å²) in [5, 5.41) is 5.02. The summed E-state index contributed by atoms with van der Waals surface area (Å²) >= 11 is 0. The number of hydrogen-bond donors (Lipinski definition) is 2. The van der Waals surface area contributed by atoms with Gasteiger partial charge in [0, 0.05) is 6.04 Å². The summed E-state index contributed by atoms with van der Waals surface area (Å²) in [6.45, 7) is 4.19. The van der Waals surface area contributed by atoms with Crippen LogP contribution >= 0.6 is 0 Å². The third-order valence-electron chi connectivity index (χ3n) is 4.58. The Morgan fingerprint density at radius 2 is 1.81 bits per heavy atom. The van der Waals surface area contributed by atoms with Crippen LogP contribution in [0.2, 0.25) is 0 Å². The maximum atomic E-state index is 12.0. The zero-order valence-corrected chi connectivity index (χ0v) is 16.0. The van der Waals surface area contributed by atoms with Crippen LogP contribution < -0.4 is 15.4 Å². The van der Waals surface area contributed by atoms with Crippen LogP contribution in [-0.2, 0) is 9.53 Å². The summed E-state index contributed by atoms with van der Waals surface area (Å²) in [4.78, 5) is 35.7. The molecule has 2 atom stereocenters.